The van der Waals surface area contributed by atoms with E-state index in [1.165, 1.54) is 0 Å². The molecule has 0 saturated heterocycles. The van der Waals surface area contributed by atoms with Crippen molar-refractivity contribution in [1.29, 1.82) is 0 Å². The molecule has 20 heavy (non-hydrogen) atoms. The highest BCUT2D eigenvalue weighted by Crippen LogP contribution is 2.32. The second kappa shape index (κ2) is 5.84. The van der Waals surface area contributed by atoms with E-state index in [9.17, 15) is 0 Å². The molecular formula is C16H21N3O. The van der Waals surface area contributed by atoms with Crippen molar-refractivity contribution in [3.8, 4) is 11.1 Å². The van der Waals surface area contributed by atoms with Gasteiger partial charge in [-0.2, -0.15) is 0 Å². The zero-order valence-electron chi connectivity index (χ0n) is 11.9. The van der Waals surface area contributed by atoms with Gasteiger partial charge in [-0.1, -0.05) is 12.1 Å². The average molecular weight is 271 g/mol. The maximum Gasteiger partial charge on any atom is 0.0627 e. The van der Waals surface area contributed by atoms with Crippen molar-refractivity contribution >= 4 is 17.1 Å². The van der Waals surface area contributed by atoms with E-state index in [-0.39, 0.29) is 6.61 Å². The van der Waals surface area contributed by atoms with Gasteiger partial charge in [-0.3, -0.25) is 0 Å². The Morgan fingerprint density at radius 2 is 1.70 bits per heavy atom. The Labute approximate surface area is 119 Å². The summed E-state index contributed by atoms with van der Waals surface area (Å²) in [6.45, 7) is 0.0996. The number of anilines is 3. The fourth-order valence-corrected chi connectivity index (χ4v) is 2.19. The Morgan fingerprint density at radius 1 is 1.05 bits per heavy atom. The third-order valence-electron chi connectivity index (χ3n) is 3.37. The molecule has 2 rings (SSSR count). The number of benzene rings is 2. The predicted molar refractivity (Wildman–Crippen MR) is 85.8 cm³/mol. The minimum absolute atomic E-state index is 0.0996. The third kappa shape index (κ3) is 2.86. The Bertz CT molecular complexity index is 591. The first-order valence-corrected chi connectivity index (χ1v) is 6.59. The van der Waals surface area contributed by atoms with Crippen LogP contribution in [0.4, 0.5) is 17.1 Å². The average Bonchev–Trinajstić information content (AvgIpc) is 2.43. The summed E-state index contributed by atoms with van der Waals surface area (Å²) in [7, 11) is 4.01. The van der Waals surface area contributed by atoms with Gasteiger partial charge in [0, 0.05) is 32.0 Å². The van der Waals surface area contributed by atoms with Gasteiger partial charge < -0.3 is 21.5 Å². The molecule has 0 spiro atoms. The van der Waals surface area contributed by atoms with E-state index < -0.39 is 0 Å². The maximum absolute atomic E-state index is 9.06. The Hall–Kier alpha value is -2.20. The number of aliphatic hydroxyl groups excluding tert-OH is 1. The highest BCUT2D eigenvalue weighted by Gasteiger charge is 2.08. The normalized spacial score (nSPS) is 10.6. The Kier molecular flexibility index (Phi) is 4.15. The van der Waals surface area contributed by atoms with Gasteiger partial charge in [0.25, 0.3) is 0 Å². The summed E-state index contributed by atoms with van der Waals surface area (Å²) in [6, 6.07) is 12.0. The van der Waals surface area contributed by atoms with Gasteiger partial charge in [0.15, 0.2) is 0 Å². The summed E-state index contributed by atoms with van der Waals surface area (Å²) < 4.78 is 0. The molecule has 2 aromatic carbocycles. The lowest BCUT2D eigenvalue weighted by atomic mass is 9.98. The van der Waals surface area contributed by atoms with Crippen LogP contribution in [-0.4, -0.2) is 25.8 Å². The molecule has 0 aromatic heterocycles. The molecule has 0 atom stereocenters. The number of aliphatic hydroxyl groups is 1. The van der Waals surface area contributed by atoms with E-state index in [0.717, 1.165) is 22.4 Å². The standard InChI is InChI=1S/C16H21N3O/c1-19(2)13-5-3-12(4-6-13)14-9-11(7-8-20)10-15(17)16(14)18/h3-6,9-10,20H,7-8,17-18H2,1-2H3. The molecule has 0 aliphatic rings. The molecule has 0 amide bonds. The predicted octanol–water partition coefficient (Wildman–Crippen LogP) is 2.12. The summed E-state index contributed by atoms with van der Waals surface area (Å²) in [5, 5.41) is 9.06. The monoisotopic (exact) mass is 271 g/mol. The van der Waals surface area contributed by atoms with Crippen LogP contribution in [-0.2, 0) is 6.42 Å². The topological polar surface area (TPSA) is 75.5 Å². The van der Waals surface area contributed by atoms with Gasteiger partial charge in [0.2, 0.25) is 0 Å². The largest absolute Gasteiger partial charge is 0.397 e. The molecule has 0 bridgehead atoms. The molecule has 0 aliphatic heterocycles. The van der Waals surface area contributed by atoms with Crippen molar-refractivity contribution in [1.82, 2.24) is 0 Å². The van der Waals surface area contributed by atoms with Crippen LogP contribution in [0.15, 0.2) is 36.4 Å². The molecule has 4 nitrogen and oxygen atoms in total. The highest BCUT2D eigenvalue weighted by molar-refractivity contribution is 5.85. The first kappa shape index (κ1) is 14.2. The third-order valence-corrected chi connectivity index (χ3v) is 3.37. The summed E-state index contributed by atoms with van der Waals surface area (Å²) in [4.78, 5) is 2.05. The van der Waals surface area contributed by atoms with Crippen LogP contribution >= 0.6 is 0 Å². The SMILES string of the molecule is CN(C)c1ccc(-c2cc(CCO)cc(N)c2N)cc1. The first-order valence-electron chi connectivity index (χ1n) is 6.59. The molecule has 5 N–H and O–H groups in total. The summed E-state index contributed by atoms with van der Waals surface area (Å²) in [5.74, 6) is 0. The second-order valence-corrected chi connectivity index (χ2v) is 5.06. The lowest BCUT2D eigenvalue weighted by Crippen LogP contribution is -2.08. The zero-order chi connectivity index (χ0) is 14.7. The molecule has 106 valence electrons. The van der Waals surface area contributed by atoms with E-state index in [1.807, 2.05) is 55.4 Å². The lowest BCUT2D eigenvalue weighted by molar-refractivity contribution is 0.299. The fourth-order valence-electron chi connectivity index (χ4n) is 2.19. The van der Waals surface area contributed by atoms with Gasteiger partial charge in [-0.05, 0) is 41.8 Å². The van der Waals surface area contributed by atoms with Gasteiger partial charge in [-0.25, -0.2) is 0 Å². The minimum atomic E-state index is 0.0996. The van der Waals surface area contributed by atoms with Crippen LogP contribution in [0.3, 0.4) is 0 Å². The van der Waals surface area contributed by atoms with Gasteiger partial charge in [0.05, 0.1) is 11.4 Å². The lowest BCUT2D eigenvalue weighted by Gasteiger charge is -2.15. The van der Waals surface area contributed by atoms with Gasteiger partial charge in [-0.15, -0.1) is 0 Å². The molecule has 4 heteroatoms. The van der Waals surface area contributed by atoms with Gasteiger partial charge >= 0.3 is 0 Å². The Balaban J connectivity index is 2.45. The Morgan fingerprint density at radius 3 is 2.25 bits per heavy atom. The number of rotatable bonds is 4. The van der Waals surface area contributed by atoms with E-state index in [2.05, 4.69) is 0 Å². The van der Waals surface area contributed by atoms with Crippen LogP contribution in [0.2, 0.25) is 0 Å². The summed E-state index contributed by atoms with van der Waals surface area (Å²) in [5.41, 5.74) is 17.2. The molecule has 0 saturated carbocycles. The molecule has 0 aliphatic carbocycles. The minimum Gasteiger partial charge on any atom is -0.397 e. The van der Waals surface area contributed by atoms with Crippen LogP contribution in [0.1, 0.15) is 5.56 Å². The molecule has 0 fully saturated rings. The zero-order valence-corrected chi connectivity index (χ0v) is 11.9. The quantitative estimate of drug-likeness (QED) is 0.745. The van der Waals surface area contributed by atoms with Crippen LogP contribution < -0.4 is 16.4 Å². The smallest absolute Gasteiger partial charge is 0.0627 e. The number of hydrogen-bond acceptors (Lipinski definition) is 4. The summed E-state index contributed by atoms with van der Waals surface area (Å²) in [6.07, 6.45) is 0.577. The molecule has 0 heterocycles. The molecule has 2 aromatic rings. The first-order chi connectivity index (χ1) is 9.52. The van der Waals surface area contributed by atoms with Gasteiger partial charge in [0.1, 0.15) is 0 Å². The van der Waals surface area contributed by atoms with Crippen molar-refractivity contribution in [2.75, 3.05) is 37.1 Å². The maximum atomic E-state index is 9.06. The molecule has 0 radical (unpaired) electrons. The van der Waals surface area contributed by atoms with Crippen LogP contribution in [0, 0.1) is 0 Å². The van der Waals surface area contributed by atoms with Crippen LogP contribution in [0.5, 0.6) is 0 Å². The van der Waals surface area contributed by atoms with Crippen molar-refractivity contribution < 1.29 is 5.11 Å². The van der Waals surface area contributed by atoms with Crippen LogP contribution in [0.25, 0.3) is 11.1 Å². The van der Waals surface area contributed by atoms with E-state index >= 15 is 0 Å². The van der Waals surface area contributed by atoms with Crippen molar-refractivity contribution in [2.45, 2.75) is 6.42 Å². The van der Waals surface area contributed by atoms with E-state index in [4.69, 9.17) is 16.6 Å². The molecule has 0 unspecified atom stereocenters. The van der Waals surface area contributed by atoms with E-state index in [0.29, 0.717) is 17.8 Å². The highest BCUT2D eigenvalue weighted by atomic mass is 16.2. The number of nitrogens with two attached hydrogens (primary N) is 2. The van der Waals surface area contributed by atoms with Crippen molar-refractivity contribution in [2.24, 2.45) is 0 Å². The second-order valence-electron chi connectivity index (χ2n) is 5.06. The molecular weight excluding hydrogens is 250 g/mol. The fraction of sp³-hybridized carbons (Fsp3) is 0.250. The number of nitrogen functional groups attached to an aromatic ring is 2. The van der Waals surface area contributed by atoms with E-state index in [1.54, 1.807) is 0 Å². The van der Waals surface area contributed by atoms with Crippen molar-refractivity contribution in [3.05, 3.63) is 42.0 Å². The van der Waals surface area contributed by atoms with Crippen molar-refractivity contribution in [3.63, 3.8) is 0 Å². The summed E-state index contributed by atoms with van der Waals surface area (Å²) >= 11 is 0. The number of hydrogen-bond donors (Lipinski definition) is 3. The number of nitrogens with zero attached hydrogens (tertiary/aromatic N) is 1.